The van der Waals surface area contributed by atoms with Crippen molar-refractivity contribution in [2.75, 3.05) is 7.11 Å². The Labute approximate surface area is 130 Å². The number of pyridine rings is 1. The highest BCUT2D eigenvalue weighted by Crippen LogP contribution is 2.26. The van der Waals surface area contributed by atoms with Gasteiger partial charge in [0.15, 0.2) is 5.65 Å². The molecule has 0 N–H and O–H groups in total. The van der Waals surface area contributed by atoms with Crippen molar-refractivity contribution in [2.24, 2.45) is 0 Å². The largest absolute Gasteiger partial charge is 0.497 e. The van der Waals surface area contributed by atoms with Crippen molar-refractivity contribution < 1.29 is 4.74 Å². The van der Waals surface area contributed by atoms with E-state index in [1.54, 1.807) is 7.11 Å². The molecule has 0 fully saturated rings. The summed E-state index contributed by atoms with van der Waals surface area (Å²) in [4.78, 5) is 9.32. The van der Waals surface area contributed by atoms with Crippen LogP contribution < -0.4 is 4.74 Å². The molecule has 0 bridgehead atoms. The Hall–Kier alpha value is -2.36. The molecule has 0 unspecified atom stereocenters. The second-order valence-electron chi connectivity index (χ2n) is 6.47. The molecular weight excluding hydrogens is 274 g/mol. The predicted molar refractivity (Wildman–Crippen MR) is 88.3 cm³/mol. The molecule has 0 saturated carbocycles. The van der Waals surface area contributed by atoms with Crippen molar-refractivity contribution in [1.29, 1.82) is 0 Å². The van der Waals surface area contributed by atoms with E-state index in [0.29, 0.717) is 0 Å². The lowest BCUT2D eigenvalue weighted by molar-refractivity contribution is 0.414. The van der Waals surface area contributed by atoms with Crippen molar-refractivity contribution in [3.05, 3.63) is 54.0 Å². The normalized spacial score (nSPS) is 11.8. The van der Waals surface area contributed by atoms with Crippen LogP contribution in [0, 0.1) is 0 Å². The zero-order chi connectivity index (χ0) is 15.7. The number of hydrogen-bond acceptors (Lipinski definition) is 3. The second kappa shape index (κ2) is 5.44. The van der Waals surface area contributed by atoms with Gasteiger partial charge in [-0.15, -0.1) is 0 Å². The maximum Gasteiger partial charge on any atom is 0.160 e. The number of rotatable bonds is 3. The van der Waals surface area contributed by atoms with Crippen LogP contribution in [-0.2, 0) is 12.0 Å². The van der Waals surface area contributed by atoms with Crippen LogP contribution >= 0.6 is 0 Å². The Kier molecular flexibility index (Phi) is 3.61. The molecule has 114 valence electrons. The van der Waals surface area contributed by atoms with Gasteiger partial charge in [-0.25, -0.2) is 9.97 Å². The molecule has 22 heavy (non-hydrogen) atoms. The topological polar surface area (TPSA) is 39.9 Å². The van der Waals surface area contributed by atoms with Gasteiger partial charge in [-0.2, -0.15) is 0 Å². The van der Waals surface area contributed by atoms with Gasteiger partial charge in [0.2, 0.25) is 0 Å². The van der Waals surface area contributed by atoms with Gasteiger partial charge in [0.1, 0.15) is 17.1 Å². The quantitative estimate of drug-likeness (QED) is 0.738. The van der Waals surface area contributed by atoms with Crippen LogP contribution in [0.4, 0.5) is 0 Å². The van der Waals surface area contributed by atoms with Crippen LogP contribution in [0.3, 0.4) is 0 Å². The molecule has 4 heteroatoms. The minimum atomic E-state index is -0.0421. The van der Waals surface area contributed by atoms with Crippen molar-refractivity contribution in [3.63, 3.8) is 0 Å². The molecule has 0 spiro atoms. The van der Waals surface area contributed by atoms with Gasteiger partial charge in [-0.1, -0.05) is 32.9 Å². The van der Waals surface area contributed by atoms with Gasteiger partial charge in [0.25, 0.3) is 0 Å². The molecule has 1 aromatic carbocycles. The molecule has 2 heterocycles. The Morgan fingerprint density at radius 1 is 1.14 bits per heavy atom. The SMILES string of the molecule is COc1cccc(Cn2c(C(C)(C)C)nc3cccnc32)c1. The number of methoxy groups -OCH3 is 1. The van der Waals surface area contributed by atoms with Crippen molar-refractivity contribution in [2.45, 2.75) is 32.7 Å². The molecule has 0 amide bonds. The van der Waals surface area contributed by atoms with E-state index in [4.69, 9.17) is 9.72 Å². The summed E-state index contributed by atoms with van der Waals surface area (Å²) in [6.07, 6.45) is 1.82. The summed E-state index contributed by atoms with van der Waals surface area (Å²) in [5.74, 6) is 1.91. The highest BCUT2D eigenvalue weighted by molar-refractivity contribution is 5.71. The molecule has 0 aliphatic heterocycles. The van der Waals surface area contributed by atoms with Crippen LogP contribution in [0.15, 0.2) is 42.6 Å². The molecule has 0 saturated heterocycles. The van der Waals surface area contributed by atoms with E-state index in [1.807, 2.05) is 30.5 Å². The second-order valence-corrected chi connectivity index (χ2v) is 6.47. The van der Waals surface area contributed by atoms with Gasteiger partial charge in [-0.05, 0) is 29.8 Å². The third-order valence-electron chi connectivity index (χ3n) is 3.65. The van der Waals surface area contributed by atoms with E-state index in [2.05, 4.69) is 42.5 Å². The van der Waals surface area contributed by atoms with E-state index in [-0.39, 0.29) is 5.41 Å². The first-order chi connectivity index (χ1) is 10.5. The minimum Gasteiger partial charge on any atom is -0.497 e. The molecule has 0 aliphatic carbocycles. The van der Waals surface area contributed by atoms with Crippen LogP contribution in [0.25, 0.3) is 11.2 Å². The summed E-state index contributed by atoms with van der Waals surface area (Å²) in [6.45, 7) is 7.26. The number of benzene rings is 1. The fourth-order valence-corrected chi connectivity index (χ4v) is 2.63. The van der Waals surface area contributed by atoms with Crippen LogP contribution in [0.5, 0.6) is 5.75 Å². The van der Waals surface area contributed by atoms with E-state index in [0.717, 1.165) is 29.3 Å². The summed E-state index contributed by atoms with van der Waals surface area (Å²) in [6, 6.07) is 12.1. The average molecular weight is 295 g/mol. The average Bonchev–Trinajstić information content (AvgIpc) is 2.87. The lowest BCUT2D eigenvalue weighted by Gasteiger charge is -2.20. The molecule has 3 aromatic rings. The van der Waals surface area contributed by atoms with Crippen LogP contribution in [0.1, 0.15) is 32.2 Å². The Morgan fingerprint density at radius 3 is 2.68 bits per heavy atom. The third kappa shape index (κ3) is 2.69. The summed E-state index contributed by atoms with van der Waals surface area (Å²) < 4.78 is 7.52. The van der Waals surface area contributed by atoms with Gasteiger partial charge < -0.3 is 9.30 Å². The number of nitrogens with zero attached hydrogens (tertiary/aromatic N) is 3. The monoisotopic (exact) mass is 295 g/mol. The standard InChI is InChI=1S/C18H21N3O/c1-18(2,3)17-20-15-9-6-10-19-16(15)21(17)12-13-7-5-8-14(11-13)22-4/h5-11H,12H2,1-4H3. The summed E-state index contributed by atoms with van der Waals surface area (Å²) >= 11 is 0. The fourth-order valence-electron chi connectivity index (χ4n) is 2.63. The molecule has 0 radical (unpaired) electrons. The number of hydrogen-bond donors (Lipinski definition) is 0. The molecule has 2 aromatic heterocycles. The molecule has 3 rings (SSSR count). The highest BCUT2D eigenvalue weighted by Gasteiger charge is 2.23. The molecule has 0 atom stereocenters. The van der Waals surface area contributed by atoms with Crippen LogP contribution in [-0.4, -0.2) is 21.6 Å². The number of fused-ring (bicyclic) bond motifs is 1. The third-order valence-corrected chi connectivity index (χ3v) is 3.65. The smallest absolute Gasteiger partial charge is 0.160 e. The summed E-state index contributed by atoms with van der Waals surface area (Å²) in [7, 11) is 1.69. The first kappa shape index (κ1) is 14.6. The van der Waals surface area contributed by atoms with Crippen molar-refractivity contribution >= 4 is 11.2 Å². The van der Waals surface area contributed by atoms with Gasteiger partial charge in [-0.3, -0.25) is 0 Å². The van der Waals surface area contributed by atoms with E-state index in [9.17, 15) is 0 Å². The summed E-state index contributed by atoms with van der Waals surface area (Å²) in [5.41, 5.74) is 3.00. The lowest BCUT2D eigenvalue weighted by Crippen LogP contribution is -2.19. The van der Waals surface area contributed by atoms with Gasteiger partial charge >= 0.3 is 0 Å². The summed E-state index contributed by atoms with van der Waals surface area (Å²) in [5, 5.41) is 0. The van der Waals surface area contributed by atoms with E-state index < -0.39 is 0 Å². The van der Waals surface area contributed by atoms with Gasteiger partial charge in [0.05, 0.1) is 13.7 Å². The molecule has 4 nitrogen and oxygen atoms in total. The van der Waals surface area contributed by atoms with Crippen molar-refractivity contribution in [3.8, 4) is 5.75 Å². The van der Waals surface area contributed by atoms with Crippen molar-refractivity contribution in [1.82, 2.24) is 14.5 Å². The first-order valence-corrected chi connectivity index (χ1v) is 7.44. The predicted octanol–water partition coefficient (Wildman–Crippen LogP) is 3.79. The molecule has 0 aliphatic rings. The van der Waals surface area contributed by atoms with E-state index in [1.165, 1.54) is 5.56 Å². The Balaban J connectivity index is 2.12. The number of imidazole rings is 1. The Morgan fingerprint density at radius 2 is 1.95 bits per heavy atom. The lowest BCUT2D eigenvalue weighted by atomic mass is 9.95. The van der Waals surface area contributed by atoms with E-state index >= 15 is 0 Å². The number of ether oxygens (including phenoxy) is 1. The maximum atomic E-state index is 5.32. The zero-order valence-electron chi connectivity index (χ0n) is 13.5. The first-order valence-electron chi connectivity index (χ1n) is 7.44. The van der Waals surface area contributed by atoms with Gasteiger partial charge in [0, 0.05) is 11.6 Å². The Bertz CT molecular complexity index is 799. The maximum absolute atomic E-state index is 5.32. The number of aromatic nitrogens is 3. The highest BCUT2D eigenvalue weighted by atomic mass is 16.5. The molecular formula is C18H21N3O. The van der Waals surface area contributed by atoms with Crippen LogP contribution in [0.2, 0.25) is 0 Å². The fraction of sp³-hybridized carbons (Fsp3) is 0.333. The zero-order valence-corrected chi connectivity index (χ0v) is 13.5. The minimum absolute atomic E-state index is 0.0421.